The van der Waals surface area contributed by atoms with Gasteiger partial charge in [0.2, 0.25) is 5.82 Å². The molecule has 0 saturated heterocycles. The van der Waals surface area contributed by atoms with Crippen LogP contribution in [0.2, 0.25) is 0 Å². The first-order valence-corrected chi connectivity index (χ1v) is 9.13. The monoisotopic (exact) mass is 462 g/mol. The Morgan fingerprint density at radius 1 is 1.46 bits per heavy atom. The third-order valence-electron chi connectivity index (χ3n) is 3.41. The molecule has 0 spiro atoms. The molecule has 0 aliphatic carbocycles. The number of carbonyl (C=O) groups excluding carboxylic acids is 1. The normalized spacial score (nSPS) is 11.1. The molecular weight excluding hydrogens is 452 g/mol. The van der Waals surface area contributed by atoms with E-state index in [-0.39, 0.29) is 34.5 Å². The number of benzene rings is 1. The fourth-order valence-electron chi connectivity index (χ4n) is 2.03. The molecule has 3 aromatic rings. The molecule has 28 heavy (non-hydrogen) atoms. The van der Waals surface area contributed by atoms with Crippen LogP contribution in [-0.4, -0.2) is 31.6 Å². The van der Waals surface area contributed by atoms with Crippen LogP contribution >= 0.6 is 27.5 Å². The summed E-state index contributed by atoms with van der Waals surface area (Å²) in [7, 11) is 0. The van der Waals surface area contributed by atoms with Gasteiger partial charge < -0.3 is 11.1 Å². The van der Waals surface area contributed by atoms with Crippen LogP contribution < -0.4 is 11.1 Å². The highest BCUT2D eigenvalue weighted by Crippen LogP contribution is 2.23. The predicted molar refractivity (Wildman–Crippen MR) is 104 cm³/mol. The van der Waals surface area contributed by atoms with Crippen molar-refractivity contribution in [2.24, 2.45) is 15.8 Å². The minimum absolute atomic E-state index is 0.00374. The second kappa shape index (κ2) is 8.56. The molecule has 0 atom stereocenters. The second-order valence-corrected chi connectivity index (χ2v) is 6.89. The zero-order valence-corrected chi connectivity index (χ0v) is 16.6. The first-order valence-electron chi connectivity index (χ1n) is 7.56. The second-order valence-electron chi connectivity index (χ2n) is 5.28. The molecule has 2 heterocycles. The standard InChI is InChI=1S/C14H11BrN10O2S/c1-6-2-3-7(4-8(6)15)19-12(16)10-13(23-27-22-10)20-14(26)11-9(5-18-24-17)21-25-28-11/h2-4H,5H2,1H3,(H2,16,19)(H,20,23,26). The number of halogens is 1. The van der Waals surface area contributed by atoms with Crippen molar-refractivity contribution >= 4 is 50.7 Å². The number of rotatable bonds is 6. The van der Waals surface area contributed by atoms with Crippen molar-refractivity contribution in [1.82, 2.24) is 19.9 Å². The number of carbonyl (C=O) groups is 1. The molecule has 14 heteroatoms. The third-order valence-corrected chi connectivity index (χ3v) is 5.03. The highest BCUT2D eigenvalue weighted by molar-refractivity contribution is 9.10. The lowest BCUT2D eigenvalue weighted by Gasteiger charge is -2.03. The molecule has 0 aliphatic heterocycles. The van der Waals surface area contributed by atoms with E-state index in [2.05, 4.69) is 60.8 Å². The van der Waals surface area contributed by atoms with Gasteiger partial charge in [-0.3, -0.25) is 4.79 Å². The van der Waals surface area contributed by atoms with E-state index in [0.29, 0.717) is 5.69 Å². The molecule has 1 amide bonds. The number of amides is 1. The van der Waals surface area contributed by atoms with E-state index in [0.717, 1.165) is 21.6 Å². The average molecular weight is 463 g/mol. The summed E-state index contributed by atoms with van der Waals surface area (Å²) in [5.41, 5.74) is 16.3. The van der Waals surface area contributed by atoms with Gasteiger partial charge in [-0.2, -0.15) is 0 Å². The summed E-state index contributed by atoms with van der Waals surface area (Å²) in [4.78, 5) is 19.5. The van der Waals surface area contributed by atoms with Crippen LogP contribution in [0.1, 0.15) is 26.6 Å². The van der Waals surface area contributed by atoms with Crippen LogP contribution in [0, 0.1) is 6.92 Å². The molecule has 0 radical (unpaired) electrons. The minimum Gasteiger partial charge on any atom is -0.382 e. The van der Waals surface area contributed by atoms with Crippen molar-refractivity contribution in [3.8, 4) is 0 Å². The highest BCUT2D eigenvalue weighted by atomic mass is 79.9. The van der Waals surface area contributed by atoms with Crippen LogP contribution in [0.15, 0.2) is 37.4 Å². The molecule has 1 aromatic carbocycles. The molecule has 0 aliphatic rings. The largest absolute Gasteiger partial charge is 0.382 e. The van der Waals surface area contributed by atoms with Gasteiger partial charge in [0.1, 0.15) is 4.88 Å². The molecule has 3 rings (SSSR count). The van der Waals surface area contributed by atoms with E-state index in [1.807, 2.05) is 13.0 Å². The van der Waals surface area contributed by atoms with E-state index in [1.54, 1.807) is 12.1 Å². The first-order chi connectivity index (χ1) is 13.5. The maximum atomic E-state index is 12.5. The van der Waals surface area contributed by atoms with E-state index in [1.165, 1.54) is 0 Å². The van der Waals surface area contributed by atoms with Crippen molar-refractivity contribution in [1.29, 1.82) is 0 Å². The fraction of sp³-hybridized carbons (Fsp3) is 0.143. The zero-order chi connectivity index (χ0) is 20.1. The van der Waals surface area contributed by atoms with Crippen LogP contribution in [0.4, 0.5) is 11.5 Å². The highest BCUT2D eigenvalue weighted by Gasteiger charge is 2.21. The number of aromatic nitrogens is 4. The molecular formula is C14H11BrN10O2S. The quantitative estimate of drug-likeness (QED) is 0.185. The van der Waals surface area contributed by atoms with Crippen molar-refractivity contribution < 1.29 is 9.42 Å². The Hall–Kier alpha value is -3.35. The summed E-state index contributed by atoms with van der Waals surface area (Å²) in [6.45, 7) is 1.84. The number of aliphatic imine (C=N–C) groups is 1. The topological polar surface area (TPSA) is 181 Å². The Morgan fingerprint density at radius 3 is 3.04 bits per heavy atom. The van der Waals surface area contributed by atoms with Gasteiger partial charge in [0.25, 0.3) is 5.91 Å². The third kappa shape index (κ3) is 4.31. The Morgan fingerprint density at radius 2 is 2.29 bits per heavy atom. The molecule has 142 valence electrons. The van der Waals surface area contributed by atoms with E-state index >= 15 is 0 Å². The van der Waals surface area contributed by atoms with Gasteiger partial charge in [-0.25, -0.2) is 9.62 Å². The number of nitrogens with two attached hydrogens (primary N) is 1. The van der Waals surface area contributed by atoms with Gasteiger partial charge in [0.05, 0.1) is 17.9 Å². The average Bonchev–Trinajstić information content (AvgIpc) is 3.32. The molecule has 0 unspecified atom stereocenters. The molecule has 2 aromatic heterocycles. The summed E-state index contributed by atoms with van der Waals surface area (Å²) in [6, 6.07) is 5.45. The van der Waals surface area contributed by atoms with Gasteiger partial charge in [-0.1, -0.05) is 31.6 Å². The Labute approximate surface area is 169 Å². The number of azide groups is 1. The van der Waals surface area contributed by atoms with Gasteiger partial charge in [-0.15, -0.1) is 5.10 Å². The van der Waals surface area contributed by atoms with Crippen LogP contribution in [0.25, 0.3) is 10.4 Å². The SMILES string of the molecule is Cc1ccc(N=C(N)c2nonc2NC(=O)c2snnc2CN=[N+]=[N-])cc1Br. The Balaban J connectivity index is 1.82. The molecule has 0 fully saturated rings. The van der Waals surface area contributed by atoms with E-state index in [4.69, 9.17) is 11.3 Å². The number of amidine groups is 1. The number of anilines is 1. The number of hydrogen-bond donors (Lipinski definition) is 2. The van der Waals surface area contributed by atoms with E-state index < -0.39 is 5.91 Å². The number of nitrogens with zero attached hydrogens (tertiary/aromatic N) is 8. The predicted octanol–water partition coefficient (Wildman–Crippen LogP) is 3.09. The summed E-state index contributed by atoms with van der Waals surface area (Å²) in [6.07, 6.45) is 0. The van der Waals surface area contributed by atoms with Crippen LogP contribution in [0.3, 0.4) is 0 Å². The summed E-state index contributed by atoms with van der Waals surface area (Å²) < 4.78 is 9.24. The van der Waals surface area contributed by atoms with Gasteiger partial charge >= 0.3 is 0 Å². The summed E-state index contributed by atoms with van der Waals surface area (Å²) >= 11 is 4.27. The summed E-state index contributed by atoms with van der Waals surface area (Å²) in [5.74, 6) is -0.578. The molecule has 3 N–H and O–H groups in total. The summed E-state index contributed by atoms with van der Waals surface area (Å²) in [5, 5.41) is 17.0. The smallest absolute Gasteiger partial charge is 0.270 e. The van der Waals surface area contributed by atoms with Gasteiger partial charge in [0, 0.05) is 9.38 Å². The molecule has 0 bridgehead atoms. The Kier molecular flexibility index (Phi) is 5.93. The Bertz CT molecular complexity index is 1100. The lowest BCUT2D eigenvalue weighted by atomic mass is 10.2. The van der Waals surface area contributed by atoms with Gasteiger partial charge in [-0.05, 0) is 52.0 Å². The van der Waals surface area contributed by atoms with E-state index in [9.17, 15) is 4.79 Å². The maximum Gasteiger partial charge on any atom is 0.270 e. The maximum absolute atomic E-state index is 12.5. The minimum atomic E-state index is -0.569. The first kappa shape index (κ1) is 19.4. The number of hydrogen-bond acceptors (Lipinski definition) is 9. The number of aryl methyl sites for hydroxylation is 1. The molecule has 12 nitrogen and oxygen atoms in total. The van der Waals surface area contributed by atoms with Crippen LogP contribution in [-0.2, 0) is 6.54 Å². The van der Waals surface area contributed by atoms with Crippen molar-refractivity contribution in [2.75, 3.05) is 5.32 Å². The zero-order valence-electron chi connectivity index (χ0n) is 14.2. The van der Waals surface area contributed by atoms with Crippen molar-refractivity contribution in [3.05, 3.63) is 54.9 Å². The van der Waals surface area contributed by atoms with Crippen molar-refractivity contribution in [2.45, 2.75) is 13.5 Å². The molecule has 0 saturated carbocycles. The fourth-order valence-corrected chi connectivity index (χ4v) is 2.96. The van der Waals surface area contributed by atoms with Crippen molar-refractivity contribution in [3.63, 3.8) is 0 Å². The lowest BCUT2D eigenvalue weighted by Crippen LogP contribution is -2.19. The number of nitrogens with one attached hydrogen (secondary N) is 1. The van der Waals surface area contributed by atoms with Crippen LogP contribution in [0.5, 0.6) is 0 Å². The van der Waals surface area contributed by atoms with Gasteiger partial charge in [0.15, 0.2) is 11.5 Å². The lowest BCUT2D eigenvalue weighted by molar-refractivity contribution is 0.102.